The van der Waals surface area contributed by atoms with E-state index >= 15 is 0 Å². The highest BCUT2D eigenvalue weighted by Crippen LogP contribution is 2.18. The van der Waals surface area contributed by atoms with Gasteiger partial charge in [0.05, 0.1) is 16.9 Å². The van der Waals surface area contributed by atoms with Crippen molar-refractivity contribution in [3.05, 3.63) is 47.0 Å². The summed E-state index contributed by atoms with van der Waals surface area (Å²) < 4.78 is 14.9. The van der Waals surface area contributed by atoms with E-state index in [2.05, 4.69) is 5.10 Å². The molecule has 0 aliphatic heterocycles. The van der Waals surface area contributed by atoms with Crippen LogP contribution in [-0.4, -0.2) is 16.3 Å². The van der Waals surface area contributed by atoms with Crippen LogP contribution in [0.5, 0.6) is 0 Å². The van der Waals surface area contributed by atoms with Crippen molar-refractivity contribution in [3.8, 4) is 5.69 Å². The van der Waals surface area contributed by atoms with Crippen molar-refractivity contribution in [1.82, 2.24) is 9.78 Å². The van der Waals surface area contributed by atoms with Gasteiger partial charge in [0.2, 0.25) is 0 Å². The lowest BCUT2D eigenvalue weighted by atomic mass is 10.2. The van der Waals surface area contributed by atoms with Crippen molar-refractivity contribution < 1.29 is 4.39 Å². The minimum atomic E-state index is -0.442. The normalized spacial score (nSPS) is 10.8. The Morgan fingerprint density at radius 2 is 2.24 bits per heavy atom. The summed E-state index contributed by atoms with van der Waals surface area (Å²) in [5.74, 6) is -0.442. The number of halogens is 2. The van der Waals surface area contributed by atoms with Crippen LogP contribution >= 0.6 is 11.6 Å². The number of aryl methyl sites for hydroxylation is 1. The second-order valence-corrected chi connectivity index (χ2v) is 4.19. The third-order valence-corrected chi connectivity index (χ3v) is 2.78. The van der Waals surface area contributed by atoms with E-state index in [1.807, 2.05) is 6.20 Å². The lowest BCUT2D eigenvalue weighted by Crippen LogP contribution is -1.99. The molecule has 0 amide bonds. The van der Waals surface area contributed by atoms with Gasteiger partial charge in [-0.15, -0.1) is 0 Å². The average Bonchev–Trinajstić information content (AvgIpc) is 2.79. The van der Waals surface area contributed by atoms with Gasteiger partial charge >= 0.3 is 0 Å². The van der Waals surface area contributed by atoms with Gasteiger partial charge in [0.15, 0.2) is 0 Å². The highest BCUT2D eigenvalue weighted by molar-refractivity contribution is 6.30. The van der Waals surface area contributed by atoms with Gasteiger partial charge in [-0.05, 0) is 37.1 Å². The Morgan fingerprint density at radius 3 is 2.94 bits per heavy atom. The number of nitrogens with zero attached hydrogens (tertiary/aromatic N) is 2. The van der Waals surface area contributed by atoms with E-state index < -0.39 is 5.82 Å². The van der Waals surface area contributed by atoms with Crippen LogP contribution in [0.2, 0.25) is 5.02 Å². The Kier molecular flexibility index (Phi) is 3.76. The van der Waals surface area contributed by atoms with Crippen molar-refractivity contribution in [2.24, 2.45) is 5.73 Å². The van der Waals surface area contributed by atoms with E-state index in [-0.39, 0.29) is 5.02 Å². The Balaban J connectivity index is 2.21. The molecule has 2 aromatic rings. The number of hydrogen-bond acceptors (Lipinski definition) is 2. The highest BCUT2D eigenvalue weighted by atomic mass is 35.5. The molecule has 0 saturated heterocycles. The van der Waals surface area contributed by atoms with Crippen molar-refractivity contribution in [2.45, 2.75) is 12.8 Å². The molecule has 0 radical (unpaired) electrons. The van der Waals surface area contributed by atoms with E-state index in [1.54, 1.807) is 16.9 Å². The molecule has 2 rings (SSSR count). The fourth-order valence-electron chi connectivity index (χ4n) is 1.56. The predicted molar refractivity (Wildman–Crippen MR) is 65.9 cm³/mol. The van der Waals surface area contributed by atoms with Gasteiger partial charge in [0.1, 0.15) is 5.82 Å². The van der Waals surface area contributed by atoms with Crippen LogP contribution in [0.3, 0.4) is 0 Å². The van der Waals surface area contributed by atoms with Gasteiger partial charge in [-0.3, -0.25) is 0 Å². The summed E-state index contributed by atoms with van der Waals surface area (Å²) in [6.45, 7) is 0.654. The topological polar surface area (TPSA) is 43.8 Å². The molecule has 0 atom stereocenters. The molecule has 0 aliphatic carbocycles. The highest BCUT2D eigenvalue weighted by Gasteiger charge is 2.04. The first-order valence-electron chi connectivity index (χ1n) is 5.40. The minimum absolute atomic E-state index is 0.115. The molecule has 0 fully saturated rings. The number of benzene rings is 1. The lowest BCUT2D eigenvalue weighted by Gasteiger charge is -2.01. The zero-order valence-corrected chi connectivity index (χ0v) is 9.99. The van der Waals surface area contributed by atoms with Gasteiger partial charge in [0.25, 0.3) is 0 Å². The number of hydrogen-bond donors (Lipinski definition) is 1. The molecule has 90 valence electrons. The molecule has 0 spiro atoms. The smallest absolute Gasteiger partial charge is 0.143 e. The monoisotopic (exact) mass is 253 g/mol. The summed E-state index contributed by atoms with van der Waals surface area (Å²) >= 11 is 5.62. The predicted octanol–water partition coefficient (Wildman–Crippen LogP) is 2.56. The molecule has 1 aromatic heterocycles. The van der Waals surface area contributed by atoms with E-state index in [0.717, 1.165) is 18.4 Å². The van der Waals surface area contributed by atoms with Crippen LogP contribution in [0.15, 0.2) is 30.6 Å². The van der Waals surface area contributed by atoms with Gasteiger partial charge in [-0.2, -0.15) is 5.10 Å². The molecule has 0 aliphatic rings. The molecule has 3 nitrogen and oxygen atoms in total. The van der Waals surface area contributed by atoms with Crippen molar-refractivity contribution in [2.75, 3.05) is 6.54 Å². The van der Waals surface area contributed by atoms with E-state index in [9.17, 15) is 4.39 Å². The van der Waals surface area contributed by atoms with Gasteiger partial charge in [-0.25, -0.2) is 9.07 Å². The molecule has 1 heterocycles. The van der Waals surface area contributed by atoms with Crippen LogP contribution < -0.4 is 5.73 Å². The molecule has 0 unspecified atom stereocenters. The molecule has 1 aromatic carbocycles. The van der Waals surface area contributed by atoms with Crippen LogP contribution in [0.25, 0.3) is 5.69 Å². The second kappa shape index (κ2) is 5.29. The fraction of sp³-hybridized carbons (Fsp3) is 0.250. The van der Waals surface area contributed by atoms with Gasteiger partial charge in [-0.1, -0.05) is 11.6 Å². The van der Waals surface area contributed by atoms with E-state index in [0.29, 0.717) is 12.2 Å². The summed E-state index contributed by atoms with van der Waals surface area (Å²) in [4.78, 5) is 0. The second-order valence-electron chi connectivity index (χ2n) is 3.78. The zero-order valence-electron chi connectivity index (χ0n) is 9.24. The maximum atomic E-state index is 13.3. The fourth-order valence-corrected chi connectivity index (χ4v) is 1.68. The van der Waals surface area contributed by atoms with Crippen molar-refractivity contribution in [3.63, 3.8) is 0 Å². The Bertz CT molecular complexity index is 510. The summed E-state index contributed by atoms with van der Waals surface area (Å²) in [6, 6.07) is 4.61. The molecular formula is C12H13ClFN3. The third-order valence-electron chi connectivity index (χ3n) is 2.47. The van der Waals surface area contributed by atoms with E-state index in [1.165, 1.54) is 12.1 Å². The maximum absolute atomic E-state index is 13.3. The Labute approximate surface area is 104 Å². The van der Waals surface area contributed by atoms with Crippen LogP contribution in [0.1, 0.15) is 12.0 Å². The van der Waals surface area contributed by atoms with Crippen molar-refractivity contribution >= 4 is 11.6 Å². The summed E-state index contributed by atoms with van der Waals surface area (Å²) in [5, 5.41) is 4.29. The molecule has 0 saturated carbocycles. The lowest BCUT2D eigenvalue weighted by molar-refractivity contribution is 0.626. The number of nitrogens with two attached hydrogens (primary N) is 1. The van der Waals surface area contributed by atoms with Crippen LogP contribution in [-0.2, 0) is 6.42 Å². The van der Waals surface area contributed by atoms with Crippen LogP contribution in [0, 0.1) is 5.82 Å². The average molecular weight is 254 g/mol. The van der Waals surface area contributed by atoms with Gasteiger partial charge in [0, 0.05) is 12.3 Å². The van der Waals surface area contributed by atoms with Crippen LogP contribution in [0.4, 0.5) is 4.39 Å². The Hall–Kier alpha value is -1.39. The Morgan fingerprint density at radius 1 is 1.41 bits per heavy atom. The molecular weight excluding hydrogens is 241 g/mol. The van der Waals surface area contributed by atoms with E-state index in [4.69, 9.17) is 17.3 Å². The maximum Gasteiger partial charge on any atom is 0.143 e. The molecule has 17 heavy (non-hydrogen) atoms. The SMILES string of the molecule is NCCCc1cnn(-c2ccc(Cl)c(F)c2)c1. The molecule has 2 N–H and O–H groups in total. The van der Waals surface area contributed by atoms with Gasteiger partial charge < -0.3 is 5.73 Å². The summed E-state index contributed by atoms with van der Waals surface area (Å²) in [6.07, 6.45) is 5.44. The first-order valence-corrected chi connectivity index (χ1v) is 5.77. The zero-order chi connectivity index (χ0) is 12.3. The first kappa shape index (κ1) is 12.1. The molecule has 0 bridgehead atoms. The summed E-state index contributed by atoms with van der Waals surface area (Å²) in [5.41, 5.74) is 7.19. The largest absolute Gasteiger partial charge is 0.330 e. The number of aromatic nitrogens is 2. The third kappa shape index (κ3) is 2.84. The number of rotatable bonds is 4. The minimum Gasteiger partial charge on any atom is -0.330 e. The standard InChI is InChI=1S/C12H13ClFN3/c13-11-4-3-10(6-12(11)14)17-8-9(7-16-17)2-1-5-15/h3-4,6-8H,1-2,5,15H2. The van der Waals surface area contributed by atoms with Crippen molar-refractivity contribution in [1.29, 1.82) is 0 Å². The quantitative estimate of drug-likeness (QED) is 0.910. The molecule has 5 heteroatoms. The summed E-state index contributed by atoms with van der Waals surface area (Å²) in [7, 11) is 0. The first-order chi connectivity index (χ1) is 8.20.